The number of ketones is 1. The predicted octanol–water partition coefficient (Wildman–Crippen LogP) is 4.02. The molecule has 1 aromatic heterocycles. The van der Waals surface area contributed by atoms with Crippen molar-refractivity contribution in [3.63, 3.8) is 0 Å². The molecule has 1 N–H and O–H groups in total. The van der Waals surface area contributed by atoms with Crippen molar-refractivity contribution < 1.29 is 9.59 Å². The van der Waals surface area contributed by atoms with Gasteiger partial charge in [0.1, 0.15) is 0 Å². The minimum absolute atomic E-state index is 0.0151. The summed E-state index contributed by atoms with van der Waals surface area (Å²) in [6.45, 7) is 4.44. The highest BCUT2D eigenvalue weighted by molar-refractivity contribution is 7.99. The van der Waals surface area contributed by atoms with Crippen LogP contribution in [0.25, 0.3) is 0 Å². The van der Waals surface area contributed by atoms with E-state index in [1.165, 1.54) is 11.8 Å². The molecule has 0 aliphatic heterocycles. The van der Waals surface area contributed by atoms with Gasteiger partial charge >= 0.3 is 0 Å². The van der Waals surface area contributed by atoms with Gasteiger partial charge in [0.15, 0.2) is 16.8 Å². The first-order chi connectivity index (χ1) is 14.1. The van der Waals surface area contributed by atoms with E-state index in [0.29, 0.717) is 33.7 Å². The maximum absolute atomic E-state index is 12.3. The first-order valence-corrected chi connectivity index (χ1v) is 10.2. The first kappa shape index (κ1) is 20.8. The summed E-state index contributed by atoms with van der Waals surface area (Å²) in [5.41, 5.74) is 1.16. The SMILES string of the molecule is C=CCn1c(CNC(=O)c2ccc(Cl)cc2)nnc1SCC(=O)c1ccccc1. The number of hydrogen-bond acceptors (Lipinski definition) is 5. The largest absolute Gasteiger partial charge is 0.345 e. The average molecular weight is 427 g/mol. The van der Waals surface area contributed by atoms with Crippen LogP contribution in [-0.2, 0) is 13.1 Å². The van der Waals surface area contributed by atoms with Crippen LogP contribution in [0, 0.1) is 0 Å². The summed E-state index contributed by atoms with van der Waals surface area (Å²) in [5.74, 6) is 0.614. The zero-order chi connectivity index (χ0) is 20.6. The van der Waals surface area contributed by atoms with Crippen molar-refractivity contribution in [1.82, 2.24) is 20.1 Å². The molecule has 1 heterocycles. The van der Waals surface area contributed by atoms with Crippen molar-refractivity contribution in [1.29, 1.82) is 0 Å². The number of carbonyl (C=O) groups excluding carboxylic acids is 2. The minimum atomic E-state index is -0.233. The van der Waals surface area contributed by atoms with Gasteiger partial charge in [-0.15, -0.1) is 16.8 Å². The zero-order valence-electron chi connectivity index (χ0n) is 15.5. The number of nitrogens with one attached hydrogen (secondary N) is 1. The van der Waals surface area contributed by atoms with Gasteiger partial charge in [-0.25, -0.2) is 0 Å². The Morgan fingerprint density at radius 1 is 1.07 bits per heavy atom. The van der Waals surface area contributed by atoms with E-state index in [2.05, 4.69) is 22.1 Å². The third kappa shape index (κ3) is 5.56. The third-order valence-electron chi connectivity index (χ3n) is 4.05. The van der Waals surface area contributed by atoms with Crippen LogP contribution in [-0.4, -0.2) is 32.2 Å². The molecule has 29 heavy (non-hydrogen) atoms. The van der Waals surface area contributed by atoms with Gasteiger partial charge < -0.3 is 9.88 Å². The second-order valence-electron chi connectivity index (χ2n) is 6.07. The molecule has 8 heteroatoms. The van der Waals surface area contributed by atoms with Gasteiger partial charge in [0, 0.05) is 22.7 Å². The van der Waals surface area contributed by atoms with Crippen molar-refractivity contribution in [2.24, 2.45) is 0 Å². The molecule has 0 unspecified atom stereocenters. The normalized spacial score (nSPS) is 10.5. The number of halogens is 1. The lowest BCUT2D eigenvalue weighted by Crippen LogP contribution is -2.24. The molecule has 2 aromatic carbocycles. The second kappa shape index (κ2) is 10.0. The molecule has 3 aromatic rings. The fraction of sp³-hybridized carbons (Fsp3) is 0.143. The Hall–Kier alpha value is -2.90. The van der Waals surface area contributed by atoms with Crippen LogP contribution >= 0.6 is 23.4 Å². The number of Topliss-reactive ketones (excluding diaryl/α,β-unsaturated/α-hetero) is 1. The Bertz CT molecular complexity index is 1000. The monoisotopic (exact) mass is 426 g/mol. The number of benzene rings is 2. The van der Waals surface area contributed by atoms with Crippen molar-refractivity contribution >= 4 is 35.1 Å². The van der Waals surface area contributed by atoms with Crippen LogP contribution < -0.4 is 5.32 Å². The summed E-state index contributed by atoms with van der Waals surface area (Å²) < 4.78 is 1.83. The van der Waals surface area contributed by atoms with E-state index in [1.54, 1.807) is 42.5 Å². The number of thioether (sulfide) groups is 1. The van der Waals surface area contributed by atoms with Crippen molar-refractivity contribution in [3.05, 3.63) is 89.2 Å². The number of rotatable bonds is 9. The van der Waals surface area contributed by atoms with Gasteiger partial charge in [-0.2, -0.15) is 0 Å². The molecular formula is C21H19ClN4O2S. The third-order valence-corrected chi connectivity index (χ3v) is 5.27. The lowest BCUT2D eigenvalue weighted by Gasteiger charge is -2.09. The summed E-state index contributed by atoms with van der Waals surface area (Å²) in [5, 5.41) is 12.3. The van der Waals surface area contributed by atoms with E-state index in [-0.39, 0.29) is 24.0 Å². The highest BCUT2D eigenvalue weighted by Crippen LogP contribution is 2.19. The van der Waals surface area contributed by atoms with E-state index < -0.39 is 0 Å². The van der Waals surface area contributed by atoms with E-state index in [0.717, 1.165) is 0 Å². The molecule has 0 fully saturated rings. The first-order valence-electron chi connectivity index (χ1n) is 8.86. The average Bonchev–Trinajstić information content (AvgIpc) is 3.13. The lowest BCUT2D eigenvalue weighted by molar-refractivity contribution is 0.0948. The molecule has 6 nitrogen and oxygen atoms in total. The molecule has 0 saturated heterocycles. The maximum Gasteiger partial charge on any atom is 0.251 e. The van der Waals surface area contributed by atoms with E-state index in [4.69, 9.17) is 11.6 Å². The van der Waals surface area contributed by atoms with Gasteiger partial charge in [0.2, 0.25) is 0 Å². The van der Waals surface area contributed by atoms with Crippen LogP contribution in [0.5, 0.6) is 0 Å². The lowest BCUT2D eigenvalue weighted by atomic mass is 10.2. The Morgan fingerprint density at radius 3 is 2.48 bits per heavy atom. The molecule has 3 rings (SSSR count). The number of aromatic nitrogens is 3. The highest BCUT2D eigenvalue weighted by atomic mass is 35.5. The molecule has 0 radical (unpaired) electrons. The van der Waals surface area contributed by atoms with Crippen LogP contribution in [0.2, 0.25) is 5.02 Å². The zero-order valence-corrected chi connectivity index (χ0v) is 17.1. The molecule has 0 saturated carbocycles. The van der Waals surface area contributed by atoms with E-state index in [1.807, 2.05) is 22.8 Å². The van der Waals surface area contributed by atoms with E-state index >= 15 is 0 Å². The number of nitrogens with zero attached hydrogens (tertiary/aromatic N) is 3. The molecule has 0 aliphatic rings. The fourth-order valence-corrected chi connectivity index (χ4v) is 3.56. The Morgan fingerprint density at radius 2 is 1.79 bits per heavy atom. The molecule has 1 amide bonds. The Balaban J connectivity index is 1.64. The number of hydrogen-bond donors (Lipinski definition) is 1. The van der Waals surface area contributed by atoms with Gasteiger partial charge in [-0.3, -0.25) is 9.59 Å². The maximum atomic E-state index is 12.3. The van der Waals surface area contributed by atoms with Gasteiger partial charge in [0.25, 0.3) is 5.91 Å². The molecular weight excluding hydrogens is 408 g/mol. The summed E-state index contributed by atoms with van der Waals surface area (Å²) >= 11 is 7.16. The minimum Gasteiger partial charge on any atom is -0.345 e. The Labute approximate surface area is 178 Å². The molecule has 148 valence electrons. The number of allylic oxidation sites excluding steroid dienone is 1. The van der Waals surface area contributed by atoms with Crippen molar-refractivity contribution in [2.75, 3.05) is 5.75 Å². The van der Waals surface area contributed by atoms with Gasteiger partial charge in [-0.1, -0.05) is 59.8 Å². The standard InChI is InChI=1S/C21H19ClN4O2S/c1-2-12-26-19(13-23-20(28)16-8-10-17(22)11-9-16)24-25-21(26)29-14-18(27)15-6-4-3-5-7-15/h2-11H,1,12-14H2,(H,23,28). The van der Waals surface area contributed by atoms with Crippen molar-refractivity contribution in [2.45, 2.75) is 18.2 Å². The summed E-state index contributed by atoms with van der Waals surface area (Å²) in [6, 6.07) is 15.7. The summed E-state index contributed by atoms with van der Waals surface area (Å²) in [7, 11) is 0. The van der Waals surface area contributed by atoms with Crippen LogP contribution in [0.1, 0.15) is 26.5 Å². The topological polar surface area (TPSA) is 76.9 Å². The molecule has 0 bridgehead atoms. The fourth-order valence-electron chi connectivity index (χ4n) is 2.57. The predicted molar refractivity (Wildman–Crippen MR) is 114 cm³/mol. The molecule has 0 spiro atoms. The second-order valence-corrected chi connectivity index (χ2v) is 7.44. The van der Waals surface area contributed by atoms with Crippen LogP contribution in [0.4, 0.5) is 0 Å². The van der Waals surface area contributed by atoms with Crippen LogP contribution in [0.3, 0.4) is 0 Å². The van der Waals surface area contributed by atoms with Gasteiger partial charge in [0.05, 0.1) is 12.3 Å². The summed E-state index contributed by atoms with van der Waals surface area (Å²) in [4.78, 5) is 24.6. The van der Waals surface area contributed by atoms with E-state index in [9.17, 15) is 9.59 Å². The highest BCUT2D eigenvalue weighted by Gasteiger charge is 2.15. The molecule has 0 atom stereocenters. The smallest absolute Gasteiger partial charge is 0.251 e. The quantitative estimate of drug-likeness (QED) is 0.317. The van der Waals surface area contributed by atoms with Gasteiger partial charge in [-0.05, 0) is 24.3 Å². The molecule has 0 aliphatic carbocycles. The number of carbonyl (C=O) groups is 2. The summed E-state index contributed by atoms with van der Waals surface area (Å²) in [6.07, 6.45) is 1.72. The van der Waals surface area contributed by atoms with Crippen LogP contribution in [0.15, 0.2) is 72.4 Å². The van der Waals surface area contributed by atoms with Crippen molar-refractivity contribution in [3.8, 4) is 0 Å². The number of amides is 1. The Kier molecular flexibility index (Phi) is 7.21.